The van der Waals surface area contributed by atoms with E-state index in [1.807, 2.05) is 0 Å². The fourth-order valence-corrected chi connectivity index (χ4v) is 1.94. The molecule has 0 aliphatic heterocycles. The lowest BCUT2D eigenvalue weighted by atomic mass is 10.1. The van der Waals surface area contributed by atoms with E-state index in [4.69, 9.17) is 5.11 Å². The fraction of sp³-hybridized carbons (Fsp3) is 0.250. The van der Waals surface area contributed by atoms with E-state index in [2.05, 4.69) is 9.97 Å². The monoisotopic (exact) mass is 248 g/mol. The SMILES string of the molecule is O=C(O)c1c[nH]c2nc(C3CC3)c(F)cc2c1=O. The van der Waals surface area contributed by atoms with Crippen molar-refractivity contribution in [3.8, 4) is 0 Å². The van der Waals surface area contributed by atoms with E-state index in [0.29, 0.717) is 5.69 Å². The Balaban J connectivity index is 2.30. The molecular formula is C12H9FN2O3. The second kappa shape index (κ2) is 3.63. The Morgan fingerprint density at radius 1 is 1.50 bits per heavy atom. The lowest BCUT2D eigenvalue weighted by molar-refractivity contribution is 0.0695. The maximum absolute atomic E-state index is 13.8. The second-order valence-corrected chi connectivity index (χ2v) is 4.36. The van der Waals surface area contributed by atoms with Crippen LogP contribution in [0.2, 0.25) is 0 Å². The first-order valence-electron chi connectivity index (χ1n) is 5.53. The summed E-state index contributed by atoms with van der Waals surface area (Å²) in [5, 5.41) is 8.78. The van der Waals surface area contributed by atoms with Gasteiger partial charge in [-0.3, -0.25) is 4.79 Å². The van der Waals surface area contributed by atoms with Gasteiger partial charge < -0.3 is 10.1 Å². The van der Waals surface area contributed by atoms with Crippen molar-refractivity contribution in [3.05, 3.63) is 39.6 Å². The number of hydrogen-bond donors (Lipinski definition) is 2. The van der Waals surface area contributed by atoms with Crippen molar-refractivity contribution in [2.45, 2.75) is 18.8 Å². The summed E-state index contributed by atoms with van der Waals surface area (Å²) in [6.07, 6.45) is 2.88. The molecule has 1 aliphatic carbocycles. The summed E-state index contributed by atoms with van der Waals surface area (Å²) in [7, 11) is 0. The van der Waals surface area contributed by atoms with Crippen LogP contribution in [0.15, 0.2) is 17.1 Å². The lowest BCUT2D eigenvalue weighted by Crippen LogP contribution is -2.16. The molecule has 92 valence electrons. The van der Waals surface area contributed by atoms with Gasteiger partial charge in [-0.25, -0.2) is 14.2 Å². The minimum absolute atomic E-state index is 0.0307. The Morgan fingerprint density at radius 3 is 2.83 bits per heavy atom. The van der Waals surface area contributed by atoms with Gasteiger partial charge in [-0.05, 0) is 18.9 Å². The van der Waals surface area contributed by atoms with Gasteiger partial charge in [0.25, 0.3) is 0 Å². The number of carboxylic acids is 1. The van der Waals surface area contributed by atoms with Crippen LogP contribution in [0.5, 0.6) is 0 Å². The molecule has 0 aromatic carbocycles. The average molecular weight is 248 g/mol. The number of hydrogen-bond acceptors (Lipinski definition) is 3. The summed E-state index contributed by atoms with van der Waals surface area (Å²) in [4.78, 5) is 29.3. The van der Waals surface area contributed by atoms with Gasteiger partial charge in [0, 0.05) is 12.1 Å². The number of nitrogens with one attached hydrogen (secondary N) is 1. The Labute approximate surface area is 100 Å². The number of carboxylic acid groups (broad SMARTS) is 1. The zero-order chi connectivity index (χ0) is 12.9. The van der Waals surface area contributed by atoms with Crippen molar-refractivity contribution in [2.75, 3.05) is 0 Å². The Kier molecular flexibility index (Phi) is 2.19. The Hall–Kier alpha value is -2.24. The van der Waals surface area contributed by atoms with Gasteiger partial charge in [0.2, 0.25) is 5.43 Å². The molecule has 1 aliphatic rings. The van der Waals surface area contributed by atoms with Crippen LogP contribution in [-0.2, 0) is 0 Å². The topological polar surface area (TPSA) is 83.0 Å². The van der Waals surface area contributed by atoms with Gasteiger partial charge >= 0.3 is 5.97 Å². The summed E-state index contributed by atoms with van der Waals surface area (Å²) < 4.78 is 13.8. The average Bonchev–Trinajstić information content (AvgIpc) is 3.13. The van der Waals surface area contributed by atoms with Gasteiger partial charge in [-0.2, -0.15) is 0 Å². The molecule has 2 heterocycles. The fourth-order valence-electron chi connectivity index (χ4n) is 1.94. The molecule has 0 saturated heterocycles. The highest BCUT2D eigenvalue weighted by Crippen LogP contribution is 2.40. The molecule has 2 N–H and O–H groups in total. The largest absolute Gasteiger partial charge is 0.477 e. The standard InChI is InChI=1S/C12H9FN2O3/c13-8-3-6-10(16)7(12(17)18)4-14-11(6)15-9(8)5-1-2-5/h3-5H,1-2H2,(H,17,18)(H,14,15,16). The van der Waals surface area contributed by atoms with Gasteiger partial charge in [-0.15, -0.1) is 0 Å². The summed E-state index contributed by atoms with van der Waals surface area (Å²) in [5.74, 6) is -1.76. The van der Waals surface area contributed by atoms with Crippen molar-refractivity contribution in [1.82, 2.24) is 9.97 Å². The van der Waals surface area contributed by atoms with E-state index < -0.39 is 22.8 Å². The van der Waals surface area contributed by atoms with Gasteiger partial charge in [0.05, 0.1) is 11.1 Å². The third-order valence-corrected chi connectivity index (χ3v) is 3.04. The van der Waals surface area contributed by atoms with E-state index in [0.717, 1.165) is 25.1 Å². The number of nitrogens with zero attached hydrogens (tertiary/aromatic N) is 1. The first kappa shape index (κ1) is 10.9. The number of halogens is 1. The molecular weight excluding hydrogens is 239 g/mol. The van der Waals surface area contributed by atoms with E-state index >= 15 is 0 Å². The number of rotatable bonds is 2. The molecule has 1 fully saturated rings. The van der Waals surface area contributed by atoms with Crippen LogP contribution in [0.25, 0.3) is 11.0 Å². The van der Waals surface area contributed by atoms with Crippen LogP contribution in [0, 0.1) is 5.82 Å². The molecule has 0 atom stereocenters. The van der Waals surface area contributed by atoms with Crippen molar-refractivity contribution in [2.24, 2.45) is 0 Å². The molecule has 0 spiro atoms. The number of aromatic nitrogens is 2. The maximum Gasteiger partial charge on any atom is 0.341 e. The van der Waals surface area contributed by atoms with Crippen molar-refractivity contribution >= 4 is 17.0 Å². The molecule has 3 rings (SSSR count). The smallest absolute Gasteiger partial charge is 0.341 e. The second-order valence-electron chi connectivity index (χ2n) is 4.36. The minimum Gasteiger partial charge on any atom is -0.477 e. The van der Waals surface area contributed by atoms with Crippen LogP contribution >= 0.6 is 0 Å². The molecule has 18 heavy (non-hydrogen) atoms. The molecule has 2 aromatic heterocycles. The highest BCUT2D eigenvalue weighted by molar-refractivity contribution is 5.91. The Morgan fingerprint density at radius 2 is 2.22 bits per heavy atom. The molecule has 0 unspecified atom stereocenters. The van der Waals surface area contributed by atoms with Crippen LogP contribution in [-0.4, -0.2) is 21.0 Å². The first-order valence-corrected chi connectivity index (χ1v) is 5.53. The number of pyridine rings is 2. The summed E-state index contributed by atoms with van der Waals surface area (Å²) in [6, 6.07) is 1.07. The number of aromatic amines is 1. The van der Waals surface area contributed by atoms with E-state index in [1.54, 1.807) is 0 Å². The Bertz CT molecular complexity index is 719. The molecule has 5 nitrogen and oxygen atoms in total. The van der Waals surface area contributed by atoms with E-state index in [-0.39, 0.29) is 17.0 Å². The molecule has 0 amide bonds. The minimum atomic E-state index is -1.34. The first-order chi connectivity index (χ1) is 8.58. The van der Waals surface area contributed by atoms with Crippen LogP contribution in [0.4, 0.5) is 4.39 Å². The van der Waals surface area contributed by atoms with E-state index in [1.165, 1.54) is 0 Å². The van der Waals surface area contributed by atoms with Crippen LogP contribution < -0.4 is 5.43 Å². The van der Waals surface area contributed by atoms with Crippen molar-refractivity contribution < 1.29 is 14.3 Å². The molecule has 1 saturated carbocycles. The zero-order valence-corrected chi connectivity index (χ0v) is 9.24. The molecule has 0 bridgehead atoms. The van der Waals surface area contributed by atoms with Crippen molar-refractivity contribution in [3.63, 3.8) is 0 Å². The number of H-pyrrole nitrogens is 1. The normalized spacial score (nSPS) is 14.9. The lowest BCUT2D eigenvalue weighted by Gasteiger charge is -2.04. The van der Waals surface area contributed by atoms with Gasteiger partial charge in [0.1, 0.15) is 17.0 Å². The third-order valence-electron chi connectivity index (χ3n) is 3.04. The van der Waals surface area contributed by atoms with Gasteiger partial charge in [0.15, 0.2) is 0 Å². The molecule has 6 heteroatoms. The molecule has 2 aromatic rings. The summed E-state index contributed by atoms with van der Waals surface area (Å²) in [6.45, 7) is 0. The highest BCUT2D eigenvalue weighted by atomic mass is 19.1. The highest BCUT2D eigenvalue weighted by Gasteiger charge is 2.29. The maximum atomic E-state index is 13.8. The predicted octanol–water partition coefficient (Wildman–Crippen LogP) is 1.64. The third kappa shape index (κ3) is 1.57. The number of aromatic carboxylic acids is 1. The molecule has 0 radical (unpaired) electrons. The van der Waals surface area contributed by atoms with Crippen LogP contribution in [0.3, 0.4) is 0 Å². The van der Waals surface area contributed by atoms with Gasteiger partial charge in [-0.1, -0.05) is 0 Å². The number of fused-ring (bicyclic) bond motifs is 1. The quantitative estimate of drug-likeness (QED) is 0.846. The van der Waals surface area contributed by atoms with Crippen molar-refractivity contribution in [1.29, 1.82) is 0 Å². The predicted molar refractivity (Wildman–Crippen MR) is 61.3 cm³/mol. The van der Waals surface area contributed by atoms with Crippen LogP contribution in [0.1, 0.15) is 34.8 Å². The van der Waals surface area contributed by atoms with E-state index in [9.17, 15) is 14.0 Å². The summed E-state index contributed by atoms with van der Waals surface area (Å²) >= 11 is 0. The number of carbonyl (C=O) groups is 1. The summed E-state index contributed by atoms with van der Waals surface area (Å²) in [5.41, 5.74) is -0.553. The zero-order valence-electron chi connectivity index (χ0n) is 9.24.